The van der Waals surface area contributed by atoms with E-state index >= 15 is 0 Å². The highest BCUT2D eigenvalue weighted by Gasteiger charge is 2.17. The zero-order valence-electron chi connectivity index (χ0n) is 18.0. The van der Waals surface area contributed by atoms with Crippen LogP contribution in [0.2, 0.25) is 0 Å². The number of morpholine rings is 1. The number of pyridine rings is 1. The maximum atomic E-state index is 5.44. The topological polar surface area (TPSA) is 79.6 Å². The largest absolute Gasteiger partial charge is 0.379 e. The third kappa shape index (κ3) is 6.01. The first-order valence-corrected chi connectivity index (χ1v) is 10.4. The lowest BCUT2D eigenvalue weighted by molar-refractivity contribution is 0.0211. The number of rotatable bonds is 7. The van der Waals surface area contributed by atoms with E-state index < -0.39 is 0 Å². The predicted octanol–water partition coefficient (Wildman–Crippen LogP) is 1.66. The molecule has 1 aliphatic heterocycles. The zero-order valence-corrected chi connectivity index (χ0v) is 18.0. The highest BCUT2D eigenvalue weighted by atomic mass is 16.5. The van der Waals surface area contributed by atoms with Gasteiger partial charge in [0.25, 0.3) is 0 Å². The van der Waals surface area contributed by atoms with Crippen molar-refractivity contribution in [1.29, 1.82) is 0 Å². The van der Waals surface area contributed by atoms with Crippen molar-refractivity contribution in [3.8, 4) is 5.82 Å². The molecule has 1 saturated heterocycles. The normalized spacial score (nSPS) is 16.6. The van der Waals surface area contributed by atoms with Crippen molar-refractivity contribution >= 4 is 5.96 Å². The number of nitrogens with zero attached hydrogens (tertiary/aromatic N) is 5. The molecular weight excluding hydrogens is 366 g/mol. The van der Waals surface area contributed by atoms with Gasteiger partial charge in [0.2, 0.25) is 0 Å². The molecule has 158 valence electrons. The van der Waals surface area contributed by atoms with Gasteiger partial charge in [-0.1, -0.05) is 6.07 Å². The molecule has 3 heterocycles. The fourth-order valence-electron chi connectivity index (χ4n) is 3.40. The van der Waals surface area contributed by atoms with Crippen molar-refractivity contribution in [1.82, 2.24) is 30.3 Å². The van der Waals surface area contributed by atoms with Gasteiger partial charge in [-0.25, -0.2) is 14.7 Å². The van der Waals surface area contributed by atoms with E-state index in [2.05, 4.69) is 45.5 Å². The van der Waals surface area contributed by atoms with Crippen LogP contribution in [0.25, 0.3) is 5.82 Å². The maximum Gasteiger partial charge on any atom is 0.191 e. The number of ether oxygens (including phenoxy) is 1. The van der Waals surface area contributed by atoms with E-state index in [1.807, 2.05) is 36.9 Å². The van der Waals surface area contributed by atoms with Crippen molar-refractivity contribution in [3.05, 3.63) is 41.3 Å². The highest BCUT2D eigenvalue weighted by Crippen LogP contribution is 2.10. The van der Waals surface area contributed by atoms with Crippen LogP contribution >= 0.6 is 0 Å². The summed E-state index contributed by atoms with van der Waals surface area (Å²) in [6.45, 7) is 14.2. The molecule has 2 aromatic rings. The van der Waals surface area contributed by atoms with Gasteiger partial charge in [-0.2, -0.15) is 5.10 Å². The molecule has 2 aromatic heterocycles. The molecule has 0 spiro atoms. The Labute approximate surface area is 173 Å². The van der Waals surface area contributed by atoms with Crippen LogP contribution in [0.5, 0.6) is 0 Å². The van der Waals surface area contributed by atoms with Crippen molar-refractivity contribution < 1.29 is 4.74 Å². The fraction of sp³-hybridized carbons (Fsp3) is 0.571. The van der Waals surface area contributed by atoms with E-state index in [0.717, 1.165) is 68.1 Å². The minimum atomic E-state index is 0.435. The van der Waals surface area contributed by atoms with Crippen LogP contribution < -0.4 is 10.6 Å². The molecule has 0 bridgehead atoms. The molecule has 1 atom stereocenters. The maximum absolute atomic E-state index is 5.44. The van der Waals surface area contributed by atoms with Gasteiger partial charge in [-0.3, -0.25) is 4.90 Å². The molecule has 2 N–H and O–H groups in total. The van der Waals surface area contributed by atoms with E-state index in [4.69, 9.17) is 9.73 Å². The monoisotopic (exact) mass is 399 g/mol. The van der Waals surface area contributed by atoms with Gasteiger partial charge in [-0.05, 0) is 45.4 Å². The van der Waals surface area contributed by atoms with Crippen LogP contribution in [0.4, 0.5) is 0 Å². The smallest absolute Gasteiger partial charge is 0.191 e. The van der Waals surface area contributed by atoms with E-state index in [9.17, 15) is 0 Å². The third-order valence-corrected chi connectivity index (χ3v) is 5.03. The molecule has 1 fully saturated rings. The van der Waals surface area contributed by atoms with Crippen LogP contribution in [-0.4, -0.2) is 71.1 Å². The minimum Gasteiger partial charge on any atom is -0.379 e. The highest BCUT2D eigenvalue weighted by molar-refractivity contribution is 5.79. The van der Waals surface area contributed by atoms with E-state index in [0.29, 0.717) is 12.6 Å². The Morgan fingerprint density at radius 2 is 2.03 bits per heavy atom. The molecule has 8 heteroatoms. The summed E-state index contributed by atoms with van der Waals surface area (Å²) in [7, 11) is 0. The summed E-state index contributed by atoms with van der Waals surface area (Å²) in [6.07, 6.45) is 1.87. The van der Waals surface area contributed by atoms with Crippen LogP contribution in [0.3, 0.4) is 0 Å². The molecule has 0 amide bonds. The van der Waals surface area contributed by atoms with E-state index in [1.54, 1.807) is 0 Å². The molecule has 8 nitrogen and oxygen atoms in total. The van der Waals surface area contributed by atoms with Crippen molar-refractivity contribution in [2.24, 2.45) is 4.99 Å². The number of hydrogen-bond acceptors (Lipinski definition) is 5. The quantitative estimate of drug-likeness (QED) is 0.545. The SMILES string of the molecule is CCNC(=NCc1ccc(-n2nc(C)cc2C)nc1)NCC(C)N1CCOCC1. The van der Waals surface area contributed by atoms with Crippen molar-refractivity contribution in [2.45, 2.75) is 40.3 Å². The van der Waals surface area contributed by atoms with Gasteiger partial charge in [0, 0.05) is 44.1 Å². The van der Waals surface area contributed by atoms with Crippen LogP contribution in [-0.2, 0) is 11.3 Å². The molecule has 0 radical (unpaired) electrons. The first-order chi connectivity index (χ1) is 14.1. The number of aromatic nitrogens is 3. The number of aliphatic imine (C=N–C) groups is 1. The first-order valence-electron chi connectivity index (χ1n) is 10.4. The van der Waals surface area contributed by atoms with Crippen molar-refractivity contribution in [2.75, 3.05) is 39.4 Å². The molecule has 0 saturated carbocycles. The summed E-state index contributed by atoms with van der Waals surface area (Å²) in [4.78, 5) is 11.7. The second-order valence-corrected chi connectivity index (χ2v) is 7.44. The van der Waals surface area contributed by atoms with Crippen molar-refractivity contribution in [3.63, 3.8) is 0 Å². The molecule has 29 heavy (non-hydrogen) atoms. The summed E-state index contributed by atoms with van der Waals surface area (Å²) in [6, 6.07) is 6.53. The Bertz CT molecular complexity index is 794. The van der Waals surface area contributed by atoms with Gasteiger partial charge in [0.15, 0.2) is 11.8 Å². The van der Waals surface area contributed by atoms with Gasteiger partial charge in [-0.15, -0.1) is 0 Å². The lowest BCUT2D eigenvalue weighted by Gasteiger charge is -2.32. The van der Waals surface area contributed by atoms with Crippen LogP contribution in [0, 0.1) is 13.8 Å². The Balaban J connectivity index is 1.57. The van der Waals surface area contributed by atoms with Gasteiger partial charge in [0.05, 0.1) is 25.5 Å². The second kappa shape index (κ2) is 10.4. The average Bonchev–Trinajstić information content (AvgIpc) is 3.08. The summed E-state index contributed by atoms with van der Waals surface area (Å²) in [5.41, 5.74) is 3.13. The fourth-order valence-corrected chi connectivity index (χ4v) is 3.40. The summed E-state index contributed by atoms with van der Waals surface area (Å²) >= 11 is 0. The molecule has 1 unspecified atom stereocenters. The number of nitrogens with one attached hydrogen (secondary N) is 2. The summed E-state index contributed by atoms with van der Waals surface area (Å²) in [5.74, 6) is 1.66. The van der Waals surface area contributed by atoms with Gasteiger partial charge < -0.3 is 15.4 Å². The van der Waals surface area contributed by atoms with Crippen LogP contribution in [0.15, 0.2) is 29.4 Å². The second-order valence-electron chi connectivity index (χ2n) is 7.44. The van der Waals surface area contributed by atoms with E-state index in [1.165, 1.54) is 0 Å². The lowest BCUT2D eigenvalue weighted by Crippen LogP contribution is -2.49. The number of aryl methyl sites for hydroxylation is 2. The average molecular weight is 400 g/mol. The number of guanidine groups is 1. The Morgan fingerprint density at radius 3 is 2.66 bits per heavy atom. The Kier molecular flexibility index (Phi) is 7.60. The summed E-state index contributed by atoms with van der Waals surface area (Å²) in [5, 5.41) is 11.3. The molecular formula is C21H33N7O. The van der Waals surface area contributed by atoms with Gasteiger partial charge >= 0.3 is 0 Å². The Morgan fingerprint density at radius 1 is 1.24 bits per heavy atom. The molecule has 0 aromatic carbocycles. The van der Waals surface area contributed by atoms with Gasteiger partial charge in [0.1, 0.15) is 0 Å². The van der Waals surface area contributed by atoms with Crippen LogP contribution in [0.1, 0.15) is 30.8 Å². The van der Waals surface area contributed by atoms with E-state index in [-0.39, 0.29) is 0 Å². The third-order valence-electron chi connectivity index (χ3n) is 5.03. The first kappa shape index (κ1) is 21.3. The lowest BCUT2D eigenvalue weighted by atomic mass is 10.2. The zero-order chi connectivity index (χ0) is 20.6. The standard InChI is InChI=1S/C21H33N7O/c1-5-22-21(24-13-18(4)27-8-10-29-11-9-27)25-15-19-6-7-20(23-14-19)28-17(3)12-16(2)26-28/h6-7,12,14,18H,5,8-11,13,15H2,1-4H3,(H2,22,24,25). The number of hydrogen-bond donors (Lipinski definition) is 2. The molecule has 1 aliphatic rings. The summed E-state index contributed by atoms with van der Waals surface area (Å²) < 4.78 is 7.30. The predicted molar refractivity (Wildman–Crippen MR) is 116 cm³/mol. The Hall–Kier alpha value is -2.45. The molecule has 0 aliphatic carbocycles. The minimum absolute atomic E-state index is 0.435. The molecule has 3 rings (SSSR count).